The third kappa shape index (κ3) is 3.63. The largest absolute Gasteiger partial charge is 0.497 e. The lowest BCUT2D eigenvalue weighted by Gasteiger charge is -2.42. The van der Waals surface area contributed by atoms with Gasteiger partial charge < -0.3 is 9.64 Å². The zero-order chi connectivity index (χ0) is 15.3. The van der Waals surface area contributed by atoms with Gasteiger partial charge in [-0.3, -0.25) is 4.99 Å². The molecule has 0 saturated carbocycles. The third-order valence-electron chi connectivity index (χ3n) is 3.26. The molecule has 1 saturated heterocycles. The number of rotatable bonds is 3. The molecule has 110 valence electrons. The van der Waals surface area contributed by atoms with Crippen molar-refractivity contribution in [3.05, 3.63) is 36.0 Å². The number of allylic oxidation sites excluding steroid dienone is 2. The maximum absolute atomic E-state index is 14.4. The fourth-order valence-corrected chi connectivity index (χ4v) is 2.12. The Morgan fingerprint density at radius 3 is 2.81 bits per heavy atom. The lowest BCUT2D eigenvalue weighted by atomic mass is 9.96. The minimum Gasteiger partial charge on any atom is -0.497 e. The molecule has 2 rings (SSSR count). The minimum atomic E-state index is -1.47. The molecule has 1 heterocycles. The van der Waals surface area contributed by atoms with Gasteiger partial charge in [0.1, 0.15) is 11.4 Å². The predicted molar refractivity (Wildman–Crippen MR) is 84.7 cm³/mol. The van der Waals surface area contributed by atoms with Gasteiger partial charge in [-0.05, 0) is 31.9 Å². The van der Waals surface area contributed by atoms with Crippen molar-refractivity contribution in [2.24, 2.45) is 4.99 Å². The van der Waals surface area contributed by atoms with Crippen LogP contribution in [0.2, 0.25) is 0 Å². The quantitative estimate of drug-likeness (QED) is 0.629. The number of nitrogens with zero attached hydrogens (tertiary/aromatic N) is 2. The second-order valence-corrected chi connectivity index (χ2v) is 4.83. The highest BCUT2D eigenvalue weighted by Crippen LogP contribution is 2.32. The van der Waals surface area contributed by atoms with Crippen LogP contribution < -0.4 is 9.64 Å². The number of alkyl halides is 1. The van der Waals surface area contributed by atoms with E-state index in [9.17, 15) is 4.39 Å². The molecule has 0 spiro atoms. The van der Waals surface area contributed by atoms with Crippen LogP contribution in [0.5, 0.6) is 5.75 Å². The molecule has 21 heavy (non-hydrogen) atoms. The van der Waals surface area contributed by atoms with Crippen molar-refractivity contribution >= 4 is 11.9 Å². The fraction of sp³-hybridized carbons (Fsp3) is 0.353. The predicted octanol–water partition coefficient (Wildman–Crippen LogP) is 3.22. The number of methoxy groups -OCH3 is 1. The number of hydrogen-bond donors (Lipinski definition) is 0. The van der Waals surface area contributed by atoms with Gasteiger partial charge >= 0.3 is 0 Å². The number of benzene rings is 1. The SMILES string of the molecule is CC=NC(C#CC1(F)CN(c2cccc(OC)c2)C1)=CC. The molecule has 1 aromatic carbocycles. The Bertz CT molecular complexity index is 619. The minimum absolute atomic E-state index is 0.264. The first-order valence-electron chi connectivity index (χ1n) is 6.86. The van der Waals surface area contributed by atoms with Gasteiger partial charge in [0.15, 0.2) is 0 Å². The van der Waals surface area contributed by atoms with Crippen LogP contribution in [0.1, 0.15) is 13.8 Å². The summed E-state index contributed by atoms with van der Waals surface area (Å²) in [4.78, 5) is 6.01. The summed E-state index contributed by atoms with van der Waals surface area (Å²) in [6.07, 6.45) is 3.42. The summed E-state index contributed by atoms with van der Waals surface area (Å²) in [5.74, 6) is 6.25. The van der Waals surface area contributed by atoms with Gasteiger partial charge in [0.2, 0.25) is 5.67 Å². The maximum Gasteiger partial charge on any atom is 0.205 e. The summed E-state index contributed by atoms with van der Waals surface area (Å²) in [6, 6.07) is 7.60. The molecule has 0 radical (unpaired) electrons. The monoisotopic (exact) mass is 286 g/mol. The van der Waals surface area contributed by atoms with Crippen molar-refractivity contribution in [2.75, 3.05) is 25.1 Å². The molecule has 0 atom stereocenters. The van der Waals surface area contributed by atoms with E-state index in [-0.39, 0.29) is 13.1 Å². The second kappa shape index (κ2) is 6.45. The molecule has 4 heteroatoms. The molecule has 1 aromatic rings. The highest BCUT2D eigenvalue weighted by Gasteiger charge is 2.42. The Kier molecular flexibility index (Phi) is 4.64. The van der Waals surface area contributed by atoms with Gasteiger partial charge in [0.05, 0.1) is 20.2 Å². The maximum atomic E-state index is 14.4. The lowest BCUT2D eigenvalue weighted by Crippen LogP contribution is -2.58. The van der Waals surface area contributed by atoms with Crippen LogP contribution >= 0.6 is 0 Å². The van der Waals surface area contributed by atoms with E-state index in [0.29, 0.717) is 5.70 Å². The molecule has 1 fully saturated rings. The van der Waals surface area contributed by atoms with Crippen molar-refractivity contribution in [1.29, 1.82) is 0 Å². The summed E-state index contributed by atoms with van der Waals surface area (Å²) < 4.78 is 19.6. The first-order chi connectivity index (χ1) is 10.1. The number of anilines is 1. The Balaban J connectivity index is 2.03. The molecule has 0 bridgehead atoms. The molecule has 0 aromatic heterocycles. The molecular weight excluding hydrogens is 267 g/mol. The van der Waals surface area contributed by atoms with Crippen molar-refractivity contribution in [2.45, 2.75) is 19.5 Å². The van der Waals surface area contributed by atoms with Gasteiger partial charge in [0, 0.05) is 18.0 Å². The van der Waals surface area contributed by atoms with E-state index in [1.54, 1.807) is 19.4 Å². The van der Waals surface area contributed by atoms with Crippen LogP contribution in [0, 0.1) is 11.8 Å². The molecule has 0 unspecified atom stereocenters. The first kappa shape index (κ1) is 15.1. The fourth-order valence-electron chi connectivity index (χ4n) is 2.12. The number of halogens is 1. The van der Waals surface area contributed by atoms with E-state index in [1.807, 2.05) is 43.0 Å². The number of aliphatic imine (C=N–C) groups is 1. The van der Waals surface area contributed by atoms with Gasteiger partial charge in [0.25, 0.3) is 0 Å². The lowest BCUT2D eigenvalue weighted by molar-refractivity contribution is 0.192. The molecule has 0 N–H and O–H groups in total. The smallest absolute Gasteiger partial charge is 0.205 e. The first-order valence-corrected chi connectivity index (χ1v) is 6.86. The molecule has 0 aliphatic carbocycles. The van der Waals surface area contributed by atoms with Gasteiger partial charge in [-0.1, -0.05) is 18.1 Å². The van der Waals surface area contributed by atoms with Crippen LogP contribution in [0.3, 0.4) is 0 Å². The van der Waals surface area contributed by atoms with Crippen molar-refractivity contribution in [1.82, 2.24) is 0 Å². The van der Waals surface area contributed by atoms with Crippen LogP contribution in [0.15, 0.2) is 41.0 Å². The zero-order valence-electron chi connectivity index (χ0n) is 12.6. The summed E-state index contributed by atoms with van der Waals surface area (Å²) in [6.45, 7) is 4.18. The van der Waals surface area contributed by atoms with Crippen LogP contribution in [-0.2, 0) is 0 Å². The Morgan fingerprint density at radius 1 is 1.43 bits per heavy atom. The normalized spacial score (nSPS) is 17.1. The molecule has 0 amide bonds. The summed E-state index contributed by atoms with van der Waals surface area (Å²) in [5, 5.41) is 0. The van der Waals surface area contributed by atoms with E-state index in [2.05, 4.69) is 16.8 Å². The topological polar surface area (TPSA) is 24.8 Å². The van der Waals surface area contributed by atoms with E-state index in [4.69, 9.17) is 4.74 Å². The van der Waals surface area contributed by atoms with E-state index in [0.717, 1.165) is 11.4 Å². The summed E-state index contributed by atoms with van der Waals surface area (Å²) in [7, 11) is 1.62. The van der Waals surface area contributed by atoms with Crippen molar-refractivity contribution < 1.29 is 9.13 Å². The average Bonchev–Trinajstić information content (AvgIpc) is 2.48. The van der Waals surface area contributed by atoms with Gasteiger partial charge in [-0.2, -0.15) is 0 Å². The molecule has 1 aliphatic heterocycles. The second-order valence-electron chi connectivity index (χ2n) is 4.83. The Labute approximate surface area is 125 Å². The third-order valence-corrected chi connectivity index (χ3v) is 3.26. The van der Waals surface area contributed by atoms with Crippen LogP contribution in [-0.4, -0.2) is 32.1 Å². The Morgan fingerprint density at radius 2 is 2.19 bits per heavy atom. The van der Waals surface area contributed by atoms with Crippen LogP contribution in [0.25, 0.3) is 0 Å². The van der Waals surface area contributed by atoms with E-state index < -0.39 is 5.67 Å². The van der Waals surface area contributed by atoms with E-state index >= 15 is 0 Å². The zero-order valence-corrected chi connectivity index (χ0v) is 12.6. The molecule has 3 nitrogen and oxygen atoms in total. The standard InChI is InChI=1S/C17H19FN2O/c1-4-14(19-5-2)9-10-17(18)12-20(13-17)15-7-6-8-16(11-15)21-3/h4-8,11H,12-13H2,1-3H3. The van der Waals surface area contributed by atoms with Gasteiger partial charge in [-0.15, -0.1) is 0 Å². The van der Waals surface area contributed by atoms with Gasteiger partial charge in [-0.25, -0.2) is 4.39 Å². The Hall–Kier alpha value is -2.28. The average molecular weight is 286 g/mol. The number of ether oxygens (including phenoxy) is 1. The van der Waals surface area contributed by atoms with E-state index in [1.165, 1.54) is 0 Å². The summed E-state index contributed by atoms with van der Waals surface area (Å²) in [5.41, 5.74) is 0.0669. The summed E-state index contributed by atoms with van der Waals surface area (Å²) >= 11 is 0. The number of hydrogen-bond acceptors (Lipinski definition) is 3. The molecule has 1 aliphatic rings. The van der Waals surface area contributed by atoms with Crippen LogP contribution in [0.4, 0.5) is 10.1 Å². The highest BCUT2D eigenvalue weighted by molar-refractivity contribution is 5.58. The van der Waals surface area contributed by atoms with Crippen molar-refractivity contribution in [3.8, 4) is 17.6 Å². The highest BCUT2D eigenvalue weighted by atomic mass is 19.1. The molecular formula is C17H19FN2O. The van der Waals surface area contributed by atoms with Crippen molar-refractivity contribution in [3.63, 3.8) is 0 Å².